The van der Waals surface area contributed by atoms with E-state index < -0.39 is 0 Å². The van der Waals surface area contributed by atoms with Gasteiger partial charge in [-0.1, -0.05) is 6.07 Å². The van der Waals surface area contributed by atoms with Gasteiger partial charge in [-0.15, -0.1) is 0 Å². The van der Waals surface area contributed by atoms with Crippen molar-refractivity contribution in [1.29, 1.82) is 0 Å². The van der Waals surface area contributed by atoms with Crippen LogP contribution in [0.15, 0.2) is 42.5 Å². The van der Waals surface area contributed by atoms with E-state index >= 15 is 0 Å². The summed E-state index contributed by atoms with van der Waals surface area (Å²) < 4.78 is 11.4. The van der Waals surface area contributed by atoms with Crippen LogP contribution in [0.25, 0.3) is 0 Å². The average molecular weight is 423 g/mol. The Morgan fingerprint density at radius 2 is 1.81 bits per heavy atom. The van der Waals surface area contributed by atoms with Crippen LogP contribution >= 0.6 is 0 Å². The fraction of sp³-hybridized carbons (Fsp3) is 0.500. The summed E-state index contributed by atoms with van der Waals surface area (Å²) >= 11 is 0. The summed E-state index contributed by atoms with van der Waals surface area (Å²) in [4.78, 5) is 22.1. The van der Waals surface area contributed by atoms with Crippen LogP contribution in [-0.4, -0.2) is 67.3 Å². The Bertz CT molecular complexity index is 903. The molecule has 2 bridgehead atoms. The monoisotopic (exact) mass is 422 g/mol. The summed E-state index contributed by atoms with van der Waals surface area (Å²) in [6, 6.07) is 13.7. The summed E-state index contributed by atoms with van der Waals surface area (Å²) in [6.45, 7) is 7.64. The number of nitrogens with zero attached hydrogens (tertiary/aromatic N) is 3. The fourth-order valence-corrected chi connectivity index (χ4v) is 5.00. The summed E-state index contributed by atoms with van der Waals surface area (Å²) in [7, 11) is 0. The van der Waals surface area contributed by atoms with Crippen molar-refractivity contribution in [2.45, 2.75) is 31.8 Å². The number of anilines is 1. The highest BCUT2D eigenvalue weighted by Gasteiger charge is 2.40. The van der Waals surface area contributed by atoms with Crippen LogP contribution in [0.3, 0.4) is 0 Å². The molecule has 31 heavy (non-hydrogen) atoms. The zero-order chi connectivity index (χ0) is 21.2. The van der Waals surface area contributed by atoms with E-state index in [0.717, 1.165) is 32.0 Å². The Morgan fingerprint density at radius 3 is 2.52 bits per heavy atom. The minimum absolute atomic E-state index is 0.00964. The third-order valence-electron chi connectivity index (χ3n) is 6.86. The first-order chi connectivity index (χ1) is 15.2. The fourth-order valence-electron chi connectivity index (χ4n) is 5.00. The topological polar surface area (TPSA) is 66.9 Å². The van der Waals surface area contributed by atoms with Crippen molar-refractivity contribution in [3.8, 4) is 11.6 Å². The molecule has 4 saturated heterocycles. The molecular formula is C24H30N4O3. The van der Waals surface area contributed by atoms with Crippen molar-refractivity contribution >= 4 is 11.7 Å². The average Bonchev–Trinajstić information content (AvgIpc) is 2.83. The number of hydrogen-bond donors (Lipinski definition) is 1. The lowest BCUT2D eigenvalue weighted by Crippen LogP contribution is -2.62. The third-order valence-corrected chi connectivity index (χ3v) is 6.86. The first-order valence-electron chi connectivity index (χ1n) is 11.3. The molecule has 0 unspecified atom stereocenters. The largest absolute Gasteiger partial charge is 0.439 e. The van der Waals surface area contributed by atoms with E-state index in [4.69, 9.17) is 9.47 Å². The second-order valence-electron chi connectivity index (χ2n) is 8.67. The zero-order valence-corrected chi connectivity index (χ0v) is 18.0. The van der Waals surface area contributed by atoms with Gasteiger partial charge in [-0.05, 0) is 69.1 Å². The molecule has 4 fully saturated rings. The highest BCUT2D eigenvalue weighted by Crippen LogP contribution is 2.32. The lowest BCUT2D eigenvalue weighted by atomic mass is 9.79. The minimum atomic E-state index is -0.00964. The number of hydrogen-bond acceptors (Lipinski definition) is 6. The molecule has 6 rings (SSSR count). The number of carbonyl (C=O) groups is 1. The number of piperidine rings is 3. The molecule has 1 aromatic carbocycles. The molecule has 2 atom stereocenters. The predicted octanol–water partition coefficient (Wildman–Crippen LogP) is 2.92. The number of morpholine rings is 1. The van der Waals surface area contributed by atoms with Gasteiger partial charge in [-0.3, -0.25) is 9.69 Å². The van der Waals surface area contributed by atoms with Gasteiger partial charge in [0.2, 0.25) is 5.88 Å². The summed E-state index contributed by atoms with van der Waals surface area (Å²) in [5, 5.41) is 3.28. The lowest BCUT2D eigenvalue weighted by Gasteiger charge is -2.49. The molecule has 4 aliphatic heterocycles. The standard InChI is InChI=1S/C24H30N4O3/c1-17-23(18-9-11-27(17)12-10-18)26-24(29)19-5-7-20(8-6-19)31-22-4-2-3-21(25-22)28-13-15-30-16-14-28/h2-8,17-18,23H,9-16H2,1H3,(H,26,29)/t17-,23-/m0/s1. The number of rotatable bonds is 5. The number of amides is 1. The quantitative estimate of drug-likeness (QED) is 0.799. The minimum Gasteiger partial charge on any atom is -0.439 e. The number of aromatic nitrogens is 1. The number of fused-ring (bicyclic) bond motifs is 3. The number of nitrogens with one attached hydrogen (secondary N) is 1. The summed E-state index contributed by atoms with van der Waals surface area (Å²) in [5.41, 5.74) is 0.658. The van der Waals surface area contributed by atoms with Crippen molar-refractivity contribution in [3.63, 3.8) is 0 Å². The molecule has 0 radical (unpaired) electrons. The van der Waals surface area contributed by atoms with Crippen LogP contribution in [0, 0.1) is 5.92 Å². The highest BCUT2D eigenvalue weighted by atomic mass is 16.5. The van der Waals surface area contributed by atoms with Crippen molar-refractivity contribution in [2.75, 3.05) is 44.3 Å². The second-order valence-corrected chi connectivity index (χ2v) is 8.67. The smallest absolute Gasteiger partial charge is 0.251 e. The van der Waals surface area contributed by atoms with Gasteiger partial charge in [0.25, 0.3) is 5.91 Å². The van der Waals surface area contributed by atoms with Gasteiger partial charge in [0.15, 0.2) is 0 Å². The van der Waals surface area contributed by atoms with Crippen LogP contribution in [0.4, 0.5) is 5.82 Å². The molecule has 0 aliphatic carbocycles. The Hall–Kier alpha value is -2.64. The van der Waals surface area contributed by atoms with E-state index in [1.807, 2.05) is 42.5 Å². The maximum Gasteiger partial charge on any atom is 0.251 e. The molecule has 4 aliphatic rings. The number of benzene rings is 1. The Kier molecular flexibility index (Phi) is 5.78. The summed E-state index contributed by atoms with van der Waals surface area (Å²) in [5.74, 6) is 2.69. The van der Waals surface area contributed by atoms with Gasteiger partial charge in [0, 0.05) is 36.8 Å². The summed E-state index contributed by atoms with van der Waals surface area (Å²) in [6.07, 6.45) is 2.36. The SMILES string of the molecule is C[C@H]1[C@H](NC(=O)c2ccc(Oc3cccc(N4CCOCC4)n3)cc2)C2CCN1CC2. The van der Waals surface area contributed by atoms with Crippen LogP contribution in [0.1, 0.15) is 30.1 Å². The Labute approximate surface area is 183 Å². The third kappa shape index (κ3) is 4.38. The highest BCUT2D eigenvalue weighted by molar-refractivity contribution is 5.94. The van der Waals surface area contributed by atoms with Gasteiger partial charge >= 0.3 is 0 Å². The molecule has 1 amide bonds. The van der Waals surface area contributed by atoms with Crippen molar-refractivity contribution in [3.05, 3.63) is 48.0 Å². The predicted molar refractivity (Wildman–Crippen MR) is 119 cm³/mol. The van der Waals surface area contributed by atoms with Gasteiger partial charge in [0.1, 0.15) is 11.6 Å². The van der Waals surface area contributed by atoms with Gasteiger partial charge in [-0.2, -0.15) is 4.98 Å². The van der Waals surface area contributed by atoms with E-state index in [-0.39, 0.29) is 11.9 Å². The Morgan fingerprint density at radius 1 is 1.06 bits per heavy atom. The van der Waals surface area contributed by atoms with Crippen LogP contribution in [0.2, 0.25) is 0 Å². The van der Waals surface area contributed by atoms with E-state index in [2.05, 4.69) is 27.0 Å². The van der Waals surface area contributed by atoms with Crippen molar-refractivity contribution in [1.82, 2.24) is 15.2 Å². The normalized spacial score (nSPS) is 27.7. The van der Waals surface area contributed by atoms with Gasteiger partial charge in [0.05, 0.1) is 13.2 Å². The van der Waals surface area contributed by atoms with E-state index in [1.54, 1.807) is 0 Å². The number of pyridine rings is 1. The molecule has 7 nitrogen and oxygen atoms in total. The Balaban J connectivity index is 1.22. The molecule has 5 heterocycles. The first kappa shape index (κ1) is 20.3. The van der Waals surface area contributed by atoms with Crippen molar-refractivity contribution < 1.29 is 14.3 Å². The van der Waals surface area contributed by atoms with Crippen LogP contribution < -0.4 is 15.0 Å². The molecule has 164 valence electrons. The van der Waals surface area contributed by atoms with E-state index in [9.17, 15) is 4.79 Å². The maximum absolute atomic E-state index is 12.8. The van der Waals surface area contributed by atoms with E-state index in [1.165, 1.54) is 12.8 Å². The molecule has 2 aromatic rings. The molecule has 1 aromatic heterocycles. The van der Waals surface area contributed by atoms with Crippen LogP contribution in [-0.2, 0) is 4.74 Å². The van der Waals surface area contributed by atoms with Crippen molar-refractivity contribution in [2.24, 2.45) is 5.92 Å². The van der Waals surface area contributed by atoms with Gasteiger partial charge < -0.3 is 19.7 Å². The van der Waals surface area contributed by atoms with Gasteiger partial charge in [-0.25, -0.2) is 0 Å². The first-order valence-corrected chi connectivity index (χ1v) is 11.3. The number of carbonyl (C=O) groups excluding carboxylic acids is 1. The van der Waals surface area contributed by atoms with E-state index in [0.29, 0.717) is 42.4 Å². The molecule has 7 heteroatoms. The second kappa shape index (κ2) is 8.85. The zero-order valence-electron chi connectivity index (χ0n) is 18.0. The molecule has 1 N–H and O–H groups in total. The van der Waals surface area contributed by atoms with Crippen LogP contribution in [0.5, 0.6) is 11.6 Å². The molecular weight excluding hydrogens is 392 g/mol. The molecule has 0 saturated carbocycles. The maximum atomic E-state index is 12.8. The molecule has 0 spiro atoms. The number of ether oxygens (including phenoxy) is 2. The lowest BCUT2D eigenvalue weighted by molar-refractivity contribution is 0.0217.